The molecule has 0 fully saturated rings. The first kappa shape index (κ1) is 44.3. The highest BCUT2D eigenvalue weighted by molar-refractivity contribution is 7.13. The molecule has 0 spiro atoms. The second kappa shape index (κ2) is 18.8. The number of alkyl halides is 3. The van der Waals surface area contributed by atoms with E-state index in [1.807, 2.05) is 30.4 Å². The zero-order chi connectivity index (χ0) is 42.8. The minimum absolute atomic E-state index is 0.277. The zero-order valence-corrected chi connectivity index (χ0v) is 36.2. The molecule has 11 heteroatoms. The lowest BCUT2D eigenvalue weighted by Gasteiger charge is -2.43. The van der Waals surface area contributed by atoms with Crippen molar-refractivity contribution in [3.63, 3.8) is 0 Å². The van der Waals surface area contributed by atoms with E-state index in [0.29, 0.717) is 4.88 Å². The fourth-order valence-corrected chi connectivity index (χ4v) is 12.5. The van der Waals surface area contributed by atoms with Gasteiger partial charge in [0.15, 0.2) is 11.3 Å². The fourth-order valence-electron chi connectivity index (χ4n) is 7.25. The van der Waals surface area contributed by atoms with Crippen molar-refractivity contribution < 1.29 is 22.3 Å². The van der Waals surface area contributed by atoms with Gasteiger partial charge in [0.2, 0.25) is 5.60 Å². The first-order valence-corrected chi connectivity index (χ1v) is 22.5. The van der Waals surface area contributed by atoms with E-state index in [0.717, 1.165) is 77.9 Å². The molecule has 0 amide bonds. The Balaban J connectivity index is 1.60. The maximum Gasteiger partial charge on any atom is 0.432 e. The summed E-state index contributed by atoms with van der Waals surface area (Å²) in [6.45, 7) is 13.8. The Morgan fingerprint density at radius 2 is 1.34 bits per heavy atom. The molecule has 0 radical (unpaired) electrons. The Labute approximate surface area is 351 Å². The highest BCUT2D eigenvalue weighted by Crippen LogP contribution is 2.49. The summed E-state index contributed by atoms with van der Waals surface area (Å²) in [7, 11) is -3.02. The third-order valence-corrected chi connectivity index (χ3v) is 16.5. The molecule has 1 aliphatic rings. The van der Waals surface area contributed by atoms with Gasteiger partial charge in [-0.25, -0.2) is 0 Å². The summed E-state index contributed by atoms with van der Waals surface area (Å²) in [5, 5.41) is 30.6. The van der Waals surface area contributed by atoms with Crippen LogP contribution in [0.2, 0.25) is 5.04 Å². The number of nitrogens with zero attached hydrogens (tertiary/aromatic N) is 4. The quantitative estimate of drug-likeness (QED) is 0.0875. The Hall–Kier alpha value is -5.80. The first-order valence-electron chi connectivity index (χ1n) is 19.8. The summed E-state index contributed by atoms with van der Waals surface area (Å²) in [6, 6.07) is 35.9. The van der Waals surface area contributed by atoms with Gasteiger partial charge in [0, 0.05) is 45.7 Å². The van der Waals surface area contributed by atoms with Gasteiger partial charge in [-0.1, -0.05) is 114 Å². The Kier molecular flexibility index (Phi) is 14.2. The fraction of sp³-hybridized carbons (Fsp3) is 0.312. The molecular formula is C48H49F3N4O2SSi. The summed E-state index contributed by atoms with van der Waals surface area (Å²) < 4.78 is 56.0. The molecule has 5 rings (SSSR count). The summed E-state index contributed by atoms with van der Waals surface area (Å²) >= 11 is 1.35. The number of nitriles is 3. The van der Waals surface area contributed by atoms with E-state index in [-0.39, 0.29) is 5.04 Å². The molecule has 1 atom stereocenters. The van der Waals surface area contributed by atoms with E-state index in [2.05, 4.69) is 106 Å². The number of ether oxygens (including phenoxy) is 1. The van der Waals surface area contributed by atoms with Crippen molar-refractivity contribution in [2.24, 2.45) is 0 Å². The maximum atomic E-state index is 14.4. The van der Waals surface area contributed by atoms with Crippen LogP contribution >= 0.6 is 11.3 Å². The third-order valence-electron chi connectivity index (χ3n) is 10.5. The predicted molar refractivity (Wildman–Crippen MR) is 235 cm³/mol. The molecule has 1 aromatic heterocycles. The monoisotopic (exact) mass is 830 g/mol. The van der Waals surface area contributed by atoms with Crippen LogP contribution in [0.3, 0.4) is 0 Å². The number of unbranched alkanes of at least 4 members (excludes halogenated alkanes) is 2. The van der Waals surface area contributed by atoms with E-state index in [1.54, 1.807) is 12.1 Å². The van der Waals surface area contributed by atoms with Crippen LogP contribution in [0.15, 0.2) is 120 Å². The number of halogens is 3. The number of benzene rings is 3. The topological polar surface area (TPSA) is 93.1 Å². The third kappa shape index (κ3) is 9.41. The van der Waals surface area contributed by atoms with Gasteiger partial charge >= 0.3 is 14.5 Å². The number of hydrogen-bond donors (Lipinski definition) is 0. The predicted octanol–water partition coefficient (Wildman–Crippen LogP) is 11.7. The van der Waals surface area contributed by atoms with Crippen LogP contribution in [0.5, 0.6) is 5.75 Å². The number of anilines is 1. The van der Waals surface area contributed by atoms with Gasteiger partial charge in [-0.2, -0.15) is 29.0 Å². The zero-order valence-electron chi connectivity index (χ0n) is 34.4. The number of allylic oxidation sites excluding steroid dienone is 2. The smallest absolute Gasteiger partial charge is 0.432 e. The summed E-state index contributed by atoms with van der Waals surface area (Å²) in [4.78, 5) is 3.91. The average molecular weight is 831 g/mol. The molecule has 0 saturated carbocycles. The lowest BCUT2D eigenvalue weighted by molar-refractivity contribution is -0.236. The molecule has 0 bridgehead atoms. The van der Waals surface area contributed by atoms with Crippen molar-refractivity contribution in [1.29, 1.82) is 15.8 Å². The normalized spacial score (nSPS) is 15.9. The molecular weight excluding hydrogens is 782 g/mol. The summed E-state index contributed by atoms with van der Waals surface area (Å²) in [6.07, 6.45) is 6.02. The van der Waals surface area contributed by atoms with E-state index < -0.39 is 42.6 Å². The highest BCUT2D eigenvalue weighted by Gasteiger charge is 2.60. The van der Waals surface area contributed by atoms with Crippen molar-refractivity contribution in [2.75, 3.05) is 18.0 Å². The van der Waals surface area contributed by atoms with Crippen molar-refractivity contribution in [2.45, 2.75) is 84.0 Å². The van der Waals surface area contributed by atoms with Crippen molar-refractivity contribution in [3.8, 4) is 24.0 Å². The van der Waals surface area contributed by atoms with Crippen LogP contribution in [-0.4, -0.2) is 33.2 Å². The van der Waals surface area contributed by atoms with Crippen LogP contribution in [0.1, 0.15) is 82.5 Å². The van der Waals surface area contributed by atoms with E-state index in [9.17, 15) is 29.0 Å². The number of thiophene rings is 1. The minimum Gasteiger partial charge on any atom is -0.534 e. The van der Waals surface area contributed by atoms with Crippen LogP contribution < -0.4 is 19.7 Å². The average Bonchev–Trinajstić information content (AvgIpc) is 3.80. The standard InChI is InChI=1S/C48H49F3N4O2SSi/c1-7-9-29-55(30-10-8-2)37-23-21-35(44(31-37)57-59(46(3,4)5,40-17-13-11-14-18-40)41-19-15-12-16-20-41)22-24-38-25-26-39(58-38)27-28-43-42(34-54)45(36(32-52)33-53)56-47(43,6)48(49,50)51/h11-28,31H,7-10,29-30H2,1-6H3/b24-22+,28-27+. The second-order valence-corrected chi connectivity index (χ2v) is 20.9. The van der Waals surface area contributed by atoms with Gasteiger partial charge in [0.25, 0.3) is 0 Å². The molecule has 4 aromatic rings. The minimum atomic E-state index is -4.94. The van der Waals surface area contributed by atoms with Crippen LogP contribution in [-0.2, 0) is 4.74 Å². The van der Waals surface area contributed by atoms with Gasteiger partial charge in [-0.05, 0) is 77.7 Å². The van der Waals surface area contributed by atoms with E-state index >= 15 is 0 Å². The lowest BCUT2D eigenvalue weighted by atomic mass is 9.92. The molecule has 0 N–H and O–H groups in total. The van der Waals surface area contributed by atoms with Crippen molar-refractivity contribution in [3.05, 3.63) is 135 Å². The lowest BCUT2D eigenvalue weighted by Crippen LogP contribution is -2.68. The molecule has 59 heavy (non-hydrogen) atoms. The van der Waals surface area contributed by atoms with Gasteiger partial charge in [-0.3, -0.25) is 0 Å². The Morgan fingerprint density at radius 3 is 1.81 bits per heavy atom. The SMILES string of the molecule is CCCCN(CCCC)c1ccc(/C=C/c2ccc(/C=C/C3=C(C#N)C(=C(C#N)C#N)OC3(C)C(F)(F)F)s2)c(O[Si](c2ccccc2)(c2ccccc2)C(C)(C)C)c1. The van der Waals surface area contributed by atoms with Gasteiger partial charge in [0.05, 0.1) is 0 Å². The summed E-state index contributed by atoms with van der Waals surface area (Å²) in [5.74, 6) is 0.0945. The number of rotatable bonds is 15. The number of hydrogen-bond acceptors (Lipinski definition) is 7. The second-order valence-electron chi connectivity index (χ2n) is 15.5. The van der Waals surface area contributed by atoms with Gasteiger partial charge in [0.1, 0.15) is 29.5 Å². The van der Waals surface area contributed by atoms with Gasteiger partial charge < -0.3 is 14.1 Å². The van der Waals surface area contributed by atoms with E-state index in [4.69, 9.17) is 9.16 Å². The molecule has 0 saturated heterocycles. The first-order chi connectivity index (χ1) is 28.2. The Bertz CT molecular complexity index is 2290. The molecule has 1 unspecified atom stereocenters. The largest absolute Gasteiger partial charge is 0.534 e. The van der Waals surface area contributed by atoms with Crippen LogP contribution in [0.25, 0.3) is 18.2 Å². The molecule has 6 nitrogen and oxygen atoms in total. The highest BCUT2D eigenvalue weighted by atomic mass is 32.1. The molecule has 1 aliphatic heterocycles. The Morgan fingerprint density at radius 1 is 0.797 bits per heavy atom. The maximum absolute atomic E-state index is 14.4. The van der Waals surface area contributed by atoms with Gasteiger partial charge in [-0.15, -0.1) is 11.3 Å². The molecule has 3 aromatic carbocycles. The van der Waals surface area contributed by atoms with Crippen LogP contribution in [0, 0.1) is 34.0 Å². The molecule has 0 aliphatic carbocycles. The van der Waals surface area contributed by atoms with Crippen molar-refractivity contribution in [1.82, 2.24) is 0 Å². The van der Waals surface area contributed by atoms with E-state index in [1.165, 1.54) is 35.6 Å². The molecule has 304 valence electrons. The van der Waals surface area contributed by atoms with Crippen LogP contribution in [0.4, 0.5) is 18.9 Å². The summed E-state index contributed by atoms with van der Waals surface area (Å²) in [5.41, 5.74) is -2.63. The van der Waals surface area contributed by atoms with Crippen molar-refractivity contribution >= 4 is 53.9 Å². The molecule has 2 heterocycles.